The Hall–Kier alpha value is -3.10. The normalized spacial score (nSPS) is 16.9. The van der Waals surface area contributed by atoms with Gasteiger partial charge in [-0.3, -0.25) is 24.8 Å². The number of nitrogens with zero attached hydrogens (tertiary/aromatic N) is 4. The third kappa shape index (κ3) is 5.99. The lowest BCUT2D eigenvalue weighted by molar-refractivity contribution is -0.138. The molecule has 36 heavy (non-hydrogen) atoms. The number of Topliss-reactive ketones (excluding diaryl/α,β-unsaturated/α-hetero) is 1. The van der Waals surface area contributed by atoms with Gasteiger partial charge in [0.1, 0.15) is 11.5 Å². The van der Waals surface area contributed by atoms with E-state index in [1.165, 1.54) is 0 Å². The molecule has 0 amide bonds. The molecule has 0 bridgehead atoms. The predicted molar refractivity (Wildman–Crippen MR) is 140 cm³/mol. The summed E-state index contributed by atoms with van der Waals surface area (Å²) in [4.78, 5) is 35.2. The van der Waals surface area contributed by atoms with E-state index >= 15 is 0 Å². The molecule has 1 saturated heterocycles. The molecule has 1 aromatic heterocycles. The number of hydrogen-bond donors (Lipinski definition) is 2. The molecule has 0 unspecified atom stereocenters. The van der Waals surface area contributed by atoms with Crippen molar-refractivity contribution in [1.82, 2.24) is 19.7 Å². The average Bonchev–Trinajstić information content (AvgIpc) is 3.13. The number of aryl methyl sites for hydroxylation is 1. The van der Waals surface area contributed by atoms with Crippen molar-refractivity contribution in [2.45, 2.75) is 52.6 Å². The number of benzene rings is 1. The van der Waals surface area contributed by atoms with Gasteiger partial charge in [0.15, 0.2) is 5.78 Å². The first-order chi connectivity index (χ1) is 17.0. The lowest BCUT2D eigenvalue weighted by atomic mass is 9.84. The van der Waals surface area contributed by atoms with Crippen LogP contribution in [0.5, 0.6) is 0 Å². The highest BCUT2D eigenvalue weighted by Gasteiger charge is 2.28. The zero-order valence-electron chi connectivity index (χ0n) is 21.8. The number of piperazine rings is 1. The zero-order chi connectivity index (χ0) is 26.0. The number of fused-ring (bicyclic) bond motifs is 1. The van der Waals surface area contributed by atoms with E-state index in [9.17, 15) is 9.59 Å². The number of carboxylic acid groups (broad SMARTS) is 1. The van der Waals surface area contributed by atoms with Crippen LogP contribution in [-0.4, -0.2) is 81.6 Å². The first-order valence-corrected chi connectivity index (χ1v) is 12.7. The number of rotatable bonds is 8. The Balaban J connectivity index is 1.48. The second-order valence-electron chi connectivity index (χ2n) is 10.9. The molecule has 2 N–H and O–H groups in total. The maximum absolute atomic E-state index is 13.5. The van der Waals surface area contributed by atoms with Gasteiger partial charge in [0.25, 0.3) is 0 Å². The Morgan fingerprint density at radius 2 is 1.72 bits per heavy atom. The average molecular weight is 492 g/mol. The van der Waals surface area contributed by atoms with Crippen molar-refractivity contribution in [3.63, 3.8) is 0 Å². The van der Waals surface area contributed by atoms with Crippen LogP contribution in [0.2, 0.25) is 0 Å². The summed E-state index contributed by atoms with van der Waals surface area (Å²) in [6.07, 6.45) is 0.816. The second kappa shape index (κ2) is 10.5. The highest BCUT2D eigenvalue weighted by Crippen LogP contribution is 2.27. The van der Waals surface area contributed by atoms with Gasteiger partial charge in [0, 0.05) is 56.1 Å². The van der Waals surface area contributed by atoms with E-state index in [2.05, 4.69) is 36.7 Å². The van der Waals surface area contributed by atoms with Crippen LogP contribution < -0.4 is 0 Å². The first kappa shape index (κ1) is 26.0. The molecule has 4 rings (SSSR count). The standard InChI is InChI=1S/C28H37N5O3/c1-5-23-7-6-20-16-33(27(29)26(20)30-23)17-24(34)21-12-19(13-22(14-21)28(2,3)4)15-31-8-10-32(11-9-31)18-25(35)36/h6-7,12-14,29H,5,8-11,15-18H2,1-4H3,(H,35,36). The third-order valence-electron chi connectivity index (χ3n) is 7.05. The number of aliphatic carboxylic acids is 1. The molecule has 2 aliphatic rings. The van der Waals surface area contributed by atoms with Gasteiger partial charge >= 0.3 is 5.97 Å². The summed E-state index contributed by atoms with van der Waals surface area (Å²) in [7, 11) is 0. The summed E-state index contributed by atoms with van der Waals surface area (Å²) < 4.78 is 0. The lowest BCUT2D eigenvalue weighted by Crippen LogP contribution is -2.47. The quantitative estimate of drug-likeness (QED) is 0.547. The van der Waals surface area contributed by atoms with Gasteiger partial charge in [-0.2, -0.15) is 0 Å². The van der Waals surface area contributed by atoms with Gasteiger partial charge < -0.3 is 10.0 Å². The van der Waals surface area contributed by atoms with Crippen molar-refractivity contribution in [1.29, 1.82) is 5.41 Å². The van der Waals surface area contributed by atoms with Crippen LogP contribution in [0.1, 0.15) is 66.1 Å². The molecule has 3 heterocycles. The number of carbonyl (C=O) groups excluding carboxylic acids is 1. The van der Waals surface area contributed by atoms with E-state index in [1.807, 2.05) is 41.0 Å². The SMILES string of the molecule is CCc1ccc2c(n1)C(=N)N(CC(=O)c1cc(CN3CCN(CC(=O)O)CC3)cc(C(C)(C)C)c1)C2. The Morgan fingerprint density at radius 3 is 2.36 bits per heavy atom. The van der Waals surface area contributed by atoms with Crippen LogP contribution in [0, 0.1) is 5.41 Å². The molecule has 2 aliphatic heterocycles. The predicted octanol–water partition coefficient (Wildman–Crippen LogP) is 3.17. The van der Waals surface area contributed by atoms with Crippen LogP contribution in [0.3, 0.4) is 0 Å². The summed E-state index contributed by atoms with van der Waals surface area (Å²) in [5.74, 6) is -0.470. The minimum atomic E-state index is -0.791. The minimum absolute atomic E-state index is 0.00176. The fraction of sp³-hybridized carbons (Fsp3) is 0.500. The number of carboxylic acids is 1. The van der Waals surface area contributed by atoms with Gasteiger partial charge in [-0.05, 0) is 41.2 Å². The molecule has 2 aromatic rings. The Morgan fingerprint density at radius 1 is 1.03 bits per heavy atom. The number of hydrogen-bond acceptors (Lipinski definition) is 6. The third-order valence-corrected chi connectivity index (χ3v) is 7.05. The van der Waals surface area contributed by atoms with Gasteiger partial charge in [-0.25, -0.2) is 4.98 Å². The van der Waals surface area contributed by atoms with Gasteiger partial charge in [-0.1, -0.05) is 39.8 Å². The Kier molecular flexibility index (Phi) is 7.57. The van der Waals surface area contributed by atoms with Crippen LogP contribution in [0.15, 0.2) is 30.3 Å². The molecule has 0 saturated carbocycles. The van der Waals surface area contributed by atoms with Crippen molar-refractivity contribution in [2.24, 2.45) is 0 Å². The van der Waals surface area contributed by atoms with Crippen LogP contribution in [0.4, 0.5) is 0 Å². The summed E-state index contributed by atoms with van der Waals surface area (Å²) in [6.45, 7) is 13.0. The summed E-state index contributed by atoms with van der Waals surface area (Å²) in [5.41, 5.74) is 5.41. The van der Waals surface area contributed by atoms with Gasteiger partial charge in [0.05, 0.1) is 13.1 Å². The maximum Gasteiger partial charge on any atom is 0.317 e. The van der Waals surface area contributed by atoms with Crippen LogP contribution in [0.25, 0.3) is 0 Å². The minimum Gasteiger partial charge on any atom is -0.480 e. The fourth-order valence-corrected chi connectivity index (χ4v) is 4.82. The maximum atomic E-state index is 13.5. The molecular weight excluding hydrogens is 454 g/mol. The molecule has 0 aliphatic carbocycles. The highest BCUT2D eigenvalue weighted by atomic mass is 16.4. The molecule has 8 nitrogen and oxygen atoms in total. The molecule has 8 heteroatoms. The summed E-state index contributed by atoms with van der Waals surface area (Å²) >= 11 is 0. The summed E-state index contributed by atoms with van der Waals surface area (Å²) in [6, 6.07) is 10.2. The molecule has 0 radical (unpaired) electrons. The van der Waals surface area contributed by atoms with E-state index < -0.39 is 5.97 Å². The molecule has 0 spiro atoms. The number of nitrogens with one attached hydrogen (secondary N) is 1. The molecule has 192 valence electrons. The van der Waals surface area contributed by atoms with Crippen molar-refractivity contribution in [3.8, 4) is 0 Å². The van der Waals surface area contributed by atoms with Crippen LogP contribution >= 0.6 is 0 Å². The number of aromatic nitrogens is 1. The number of ketones is 1. The smallest absolute Gasteiger partial charge is 0.317 e. The molecule has 1 aromatic carbocycles. The van der Waals surface area contributed by atoms with Crippen molar-refractivity contribution < 1.29 is 14.7 Å². The van der Waals surface area contributed by atoms with Crippen molar-refractivity contribution >= 4 is 17.6 Å². The molecule has 0 atom stereocenters. The van der Waals surface area contributed by atoms with E-state index in [1.54, 1.807) is 0 Å². The first-order valence-electron chi connectivity index (χ1n) is 12.7. The largest absolute Gasteiger partial charge is 0.480 e. The van der Waals surface area contributed by atoms with E-state index in [4.69, 9.17) is 10.5 Å². The molecular formula is C28H37N5O3. The van der Waals surface area contributed by atoms with Gasteiger partial charge in [0.2, 0.25) is 0 Å². The number of pyridine rings is 1. The Labute approximate surface area is 213 Å². The number of amidine groups is 1. The van der Waals surface area contributed by atoms with E-state index in [0.29, 0.717) is 23.6 Å². The van der Waals surface area contributed by atoms with E-state index in [0.717, 1.165) is 61.5 Å². The highest BCUT2D eigenvalue weighted by molar-refractivity contribution is 6.04. The van der Waals surface area contributed by atoms with Gasteiger partial charge in [-0.15, -0.1) is 0 Å². The topological polar surface area (TPSA) is 101 Å². The van der Waals surface area contributed by atoms with Crippen LogP contribution in [-0.2, 0) is 29.7 Å². The summed E-state index contributed by atoms with van der Waals surface area (Å²) in [5, 5.41) is 17.6. The van der Waals surface area contributed by atoms with Crippen molar-refractivity contribution in [3.05, 3.63) is 64.0 Å². The van der Waals surface area contributed by atoms with Crippen molar-refractivity contribution in [2.75, 3.05) is 39.3 Å². The zero-order valence-corrected chi connectivity index (χ0v) is 21.8. The Bertz CT molecular complexity index is 1160. The lowest BCUT2D eigenvalue weighted by Gasteiger charge is -2.34. The number of carbonyl (C=O) groups is 2. The second-order valence-corrected chi connectivity index (χ2v) is 10.9. The monoisotopic (exact) mass is 491 g/mol. The fourth-order valence-electron chi connectivity index (χ4n) is 4.82. The molecule has 1 fully saturated rings. The van der Waals surface area contributed by atoms with E-state index in [-0.39, 0.29) is 24.3 Å².